The summed E-state index contributed by atoms with van der Waals surface area (Å²) in [5.41, 5.74) is -3.16. The Hall–Kier alpha value is -6.58. The van der Waals surface area contributed by atoms with Crippen molar-refractivity contribution in [2.45, 2.75) is 0 Å². The molecule has 0 saturated carbocycles. The fourth-order valence-corrected chi connectivity index (χ4v) is 3.96. The second kappa shape index (κ2) is 11.7. The Kier molecular flexibility index (Phi) is 7.89. The minimum atomic E-state index is -0.965. The second-order valence-corrected chi connectivity index (χ2v) is 8.43. The lowest BCUT2D eigenvalue weighted by atomic mass is 10.0. The van der Waals surface area contributed by atoms with E-state index in [0.717, 1.165) is 36.4 Å². The standard InChI is InChI=1S/C26H16N6O10/c33-25(17-5-1-3-7-21(17)29(35)36)27-19-11-9-15(13-23(19)31(39)40)16-10-12-20(24(14-16)32(41)42)28-26(34)18-6-2-4-8-22(18)30(37)38/h1-14H,(H,27,33)(H,28,34). The zero-order valence-electron chi connectivity index (χ0n) is 21.0. The number of nitro groups is 4. The van der Waals surface area contributed by atoms with Crippen LogP contribution in [0, 0.1) is 40.5 Å². The summed E-state index contributed by atoms with van der Waals surface area (Å²) in [7, 11) is 0. The average molecular weight is 572 g/mol. The van der Waals surface area contributed by atoms with Crippen molar-refractivity contribution in [3.63, 3.8) is 0 Å². The Labute approximate surface area is 233 Å². The van der Waals surface area contributed by atoms with Gasteiger partial charge in [0.05, 0.1) is 19.7 Å². The molecule has 4 rings (SSSR count). The molecule has 0 aromatic heterocycles. The third-order valence-electron chi connectivity index (χ3n) is 5.91. The number of hydrogen-bond acceptors (Lipinski definition) is 10. The SMILES string of the molecule is O=C(Nc1ccc(-c2ccc(NC(=O)c3ccccc3[N+](=O)[O-])c([N+](=O)[O-])c2)cc1[N+](=O)[O-])c1ccccc1[N+](=O)[O-]. The number of nitrogens with zero attached hydrogens (tertiary/aromatic N) is 4. The molecule has 0 saturated heterocycles. The first kappa shape index (κ1) is 28.4. The van der Waals surface area contributed by atoms with Crippen LogP contribution in [0.5, 0.6) is 0 Å². The number of nitro benzene ring substituents is 4. The molecule has 4 aromatic carbocycles. The highest BCUT2D eigenvalue weighted by atomic mass is 16.6. The quantitative estimate of drug-likeness (QED) is 0.189. The Morgan fingerprint density at radius 1 is 0.476 bits per heavy atom. The van der Waals surface area contributed by atoms with Crippen LogP contribution in [0.2, 0.25) is 0 Å². The third kappa shape index (κ3) is 5.86. The van der Waals surface area contributed by atoms with Crippen molar-refractivity contribution in [3.05, 3.63) is 137 Å². The number of nitrogens with one attached hydrogen (secondary N) is 2. The molecular weight excluding hydrogens is 556 g/mol. The van der Waals surface area contributed by atoms with Crippen molar-refractivity contribution in [3.8, 4) is 11.1 Å². The highest BCUT2D eigenvalue weighted by Crippen LogP contribution is 2.35. The molecule has 2 N–H and O–H groups in total. The van der Waals surface area contributed by atoms with E-state index in [-0.39, 0.29) is 33.6 Å². The molecule has 2 amide bonds. The smallest absolute Gasteiger partial charge is 0.293 e. The monoisotopic (exact) mass is 572 g/mol. The summed E-state index contributed by atoms with van der Waals surface area (Å²) in [6.07, 6.45) is 0. The maximum atomic E-state index is 12.7. The van der Waals surface area contributed by atoms with Gasteiger partial charge in [0.25, 0.3) is 34.6 Å². The largest absolute Gasteiger partial charge is 0.316 e. The van der Waals surface area contributed by atoms with Gasteiger partial charge in [-0.25, -0.2) is 0 Å². The molecule has 16 heteroatoms. The molecule has 0 spiro atoms. The van der Waals surface area contributed by atoms with Crippen molar-refractivity contribution < 1.29 is 29.3 Å². The first-order chi connectivity index (χ1) is 20.0. The summed E-state index contributed by atoms with van der Waals surface area (Å²) >= 11 is 0. The number of rotatable bonds is 9. The van der Waals surface area contributed by atoms with Gasteiger partial charge >= 0.3 is 0 Å². The molecule has 0 unspecified atom stereocenters. The normalized spacial score (nSPS) is 10.4. The fraction of sp³-hybridized carbons (Fsp3) is 0. The number of benzene rings is 4. The van der Waals surface area contributed by atoms with E-state index in [2.05, 4.69) is 10.6 Å². The van der Waals surface area contributed by atoms with Gasteiger partial charge in [0.2, 0.25) is 0 Å². The summed E-state index contributed by atoms with van der Waals surface area (Å²) < 4.78 is 0. The number of hydrogen-bond donors (Lipinski definition) is 2. The number of carbonyl (C=O) groups is 2. The van der Waals surface area contributed by atoms with Crippen molar-refractivity contribution >= 4 is 45.9 Å². The minimum Gasteiger partial charge on any atom is -0.316 e. The van der Waals surface area contributed by atoms with Gasteiger partial charge in [0.1, 0.15) is 22.5 Å². The molecule has 0 aliphatic heterocycles. The Morgan fingerprint density at radius 3 is 1.14 bits per heavy atom. The molecule has 0 heterocycles. The van der Waals surface area contributed by atoms with E-state index in [0.29, 0.717) is 0 Å². The van der Waals surface area contributed by atoms with E-state index in [4.69, 9.17) is 0 Å². The van der Waals surface area contributed by atoms with E-state index < -0.39 is 54.3 Å². The summed E-state index contributed by atoms with van der Waals surface area (Å²) in [6.45, 7) is 0. The first-order valence-corrected chi connectivity index (χ1v) is 11.6. The Morgan fingerprint density at radius 2 is 0.810 bits per heavy atom. The van der Waals surface area contributed by atoms with E-state index in [1.807, 2.05) is 0 Å². The molecule has 0 aliphatic rings. The van der Waals surface area contributed by atoms with Crippen LogP contribution in [0.4, 0.5) is 34.1 Å². The maximum Gasteiger partial charge on any atom is 0.293 e. The van der Waals surface area contributed by atoms with E-state index in [9.17, 15) is 50.0 Å². The zero-order chi connectivity index (χ0) is 30.6. The fourth-order valence-electron chi connectivity index (χ4n) is 3.96. The van der Waals surface area contributed by atoms with Crippen molar-refractivity contribution in [2.75, 3.05) is 10.6 Å². The number of anilines is 2. The molecule has 210 valence electrons. The predicted molar refractivity (Wildman–Crippen MR) is 147 cm³/mol. The van der Waals surface area contributed by atoms with Gasteiger partial charge in [-0.1, -0.05) is 36.4 Å². The summed E-state index contributed by atoms with van der Waals surface area (Å²) in [5.74, 6) is -1.93. The van der Waals surface area contributed by atoms with Crippen LogP contribution in [0.1, 0.15) is 20.7 Å². The molecule has 0 bridgehead atoms. The number of amides is 2. The highest BCUT2D eigenvalue weighted by Gasteiger charge is 2.25. The molecule has 0 radical (unpaired) electrons. The first-order valence-electron chi connectivity index (χ1n) is 11.6. The lowest BCUT2D eigenvalue weighted by Gasteiger charge is -2.10. The van der Waals surface area contributed by atoms with Gasteiger partial charge in [-0.15, -0.1) is 0 Å². The van der Waals surface area contributed by atoms with Crippen molar-refractivity contribution in [2.24, 2.45) is 0 Å². The van der Waals surface area contributed by atoms with E-state index in [1.165, 1.54) is 48.5 Å². The topological polar surface area (TPSA) is 231 Å². The molecule has 0 atom stereocenters. The van der Waals surface area contributed by atoms with Gasteiger partial charge < -0.3 is 10.6 Å². The summed E-state index contributed by atoms with van der Waals surface area (Å²) in [6, 6.07) is 17.1. The van der Waals surface area contributed by atoms with Crippen molar-refractivity contribution in [1.82, 2.24) is 0 Å². The Balaban J connectivity index is 1.66. The summed E-state index contributed by atoms with van der Waals surface area (Å²) in [5, 5.41) is 50.7. The van der Waals surface area contributed by atoms with Crippen LogP contribution in [-0.2, 0) is 0 Å². The van der Waals surface area contributed by atoms with Gasteiger partial charge in [0, 0.05) is 24.3 Å². The van der Waals surface area contributed by atoms with Gasteiger partial charge in [-0.05, 0) is 35.4 Å². The predicted octanol–water partition coefficient (Wildman–Crippen LogP) is 5.49. The molecule has 0 aliphatic carbocycles. The third-order valence-corrected chi connectivity index (χ3v) is 5.91. The van der Waals surface area contributed by atoms with Gasteiger partial charge in [-0.3, -0.25) is 50.0 Å². The number of para-hydroxylation sites is 2. The maximum absolute atomic E-state index is 12.7. The molecule has 16 nitrogen and oxygen atoms in total. The number of carbonyl (C=O) groups excluding carboxylic acids is 2. The molecule has 0 fully saturated rings. The molecule has 42 heavy (non-hydrogen) atoms. The van der Waals surface area contributed by atoms with E-state index >= 15 is 0 Å². The van der Waals surface area contributed by atoms with Crippen LogP contribution >= 0.6 is 0 Å². The van der Waals surface area contributed by atoms with Crippen LogP contribution < -0.4 is 10.6 Å². The molecule has 4 aromatic rings. The second-order valence-electron chi connectivity index (χ2n) is 8.43. The summed E-state index contributed by atoms with van der Waals surface area (Å²) in [4.78, 5) is 68.3. The van der Waals surface area contributed by atoms with Gasteiger partial charge in [0.15, 0.2) is 0 Å². The minimum absolute atomic E-state index is 0.130. The van der Waals surface area contributed by atoms with E-state index in [1.54, 1.807) is 0 Å². The lowest BCUT2D eigenvalue weighted by Crippen LogP contribution is -2.15. The van der Waals surface area contributed by atoms with Crippen LogP contribution in [0.25, 0.3) is 11.1 Å². The Bertz CT molecular complexity index is 1680. The van der Waals surface area contributed by atoms with Gasteiger partial charge in [-0.2, -0.15) is 0 Å². The van der Waals surface area contributed by atoms with Crippen LogP contribution in [0.15, 0.2) is 84.9 Å². The zero-order valence-corrected chi connectivity index (χ0v) is 21.0. The van der Waals surface area contributed by atoms with Crippen molar-refractivity contribution in [1.29, 1.82) is 0 Å². The average Bonchev–Trinajstić information content (AvgIpc) is 2.97. The highest BCUT2D eigenvalue weighted by molar-refractivity contribution is 6.09. The van der Waals surface area contributed by atoms with Crippen LogP contribution in [0.3, 0.4) is 0 Å². The molecular formula is C26H16N6O10. The lowest BCUT2D eigenvalue weighted by molar-refractivity contribution is -0.385. The van der Waals surface area contributed by atoms with Crippen LogP contribution in [-0.4, -0.2) is 31.5 Å².